The van der Waals surface area contributed by atoms with Crippen molar-refractivity contribution in [3.63, 3.8) is 0 Å². The van der Waals surface area contributed by atoms with Crippen LogP contribution in [0.1, 0.15) is 21.5 Å². The lowest BCUT2D eigenvalue weighted by atomic mass is 10.0. The molecule has 0 spiro atoms. The molecule has 0 unspecified atom stereocenters. The molecule has 0 aliphatic carbocycles. The van der Waals surface area contributed by atoms with Gasteiger partial charge in [0.15, 0.2) is 0 Å². The molecular weight excluding hydrogens is 492 g/mol. The van der Waals surface area contributed by atoms with Crippen molar-refractivity contribution in [2.75, 3.05) is 0 Å². The first-order valence-corrected chi connectivity index (χ1v) is 10.8. The Morgan fingerprint density at radius 3 is 2.38 bits per heavy atom. The van der Waals surface area contributed by atoms with Gasteiger partial charge in [0.2, 0.25) is 0 Å². The van der Waals surface area contributed by atoms with Crippen LogP contribution in [0.4, 0.5) is 0 Å². The third-order valence-corrected chi connectivity index (χ3v) is 5.74. The number of fused-ring (bicyclic) bond motifs is 1. The van der Waals surface area contributed by atoms with E-state index in [1.54, 1.807) is 0 Å². The van der Waals surface area contributed by atoms with Crippen LogP contribution >= 0.6 is 31.9 Å². The van der Waals surface area contributed by atoms with Crippen LogP contribution in [0.2, 0.25) is 0 Å². The summed E-state index contributed by atoms with van der Waals surface area (Å²) in [6.45, 7) is 2.49. The molecule has 0 aliphatic rings. The third kappa shape index (κ3) is 4.41. The average Bonchev–Trinajstić information content (AvgIpc) is 2.73. The van der Waals surface area contributed by atoms with Gasteiger partial charge in [0, 0.05) is 26.4 Å². The Morgan fingerprint density at radius 1 is 0.931 bits per heavy atom. The van der Waals surface area contributed by atoms with Gasteiger partial charge in [-0.25, -0.2) is 4.98 Å². The van der Waals surface area contributed by atoms with E-state index in [0.29, 0.717) is 12.1 Å². The number of aromatic nitrogens is 1. The predicted octanol–water partition coefficient (Wildman–Crippen LogP) is 6.67. The van der Waals surface area contributed by atoms with Crippen molar-refractivity contribution < 1.29 is 4.79 Å². The first kappa shape index (κ1) is 19.8. The van der Waals surface area contributed by atoms with E-state index in [1.165, 1.54) is 0 Å². The summed E-state index contributed by atoms with van der Waals surface area (Å²) in [5.41, 5.74) is 5.27. The van der Waals surface area contributed by atoms with E-state index in [0.717, 1.165) is 42.2 Å². The highest BCUT2D eigenvalue weighted by molar-refractivity contribution is 9.10. The van der Waals surface area contributed by atoms with Crippen molar-refractivity contribution in [3.05, 3.63) is 98.4 Å². The van der Waals surface area contributed by atoms with Gasteiger partial charge in [-0.3, -0.25) is 4.79 Å². The lowest BCUT2D eigenvalue weighted by molar-refractivity contribution is 0.0952. The van der Waals surface area contributed by atoms with Crippen LogP contribution in [0.5, 0.6) is 0 Å². The number of rotatable bonds is 4. The SMILES string of the molecule is Cc1cc(Br)cc2c(C(=O)NCc3ccccc3)cc(-c3ccc(Br)cc3)nc12. The van der Waals surface area contributed by atoms with Crippen LogP contribution in [0.3, 0.4) is 0 Å². The molecule has 144 valence electrons. The molecule has 5 heteroatoms. The van der Waals surface area contributed by atoms with Crippen molar-refractivity contribution in [1.82, 2.24) is 10.3 Å². The monoisotopic (exact) mass is 508 g/mol. The van der Waals surface area contributed by atoms with Crippen molar-refractivity contribution in [3.8, 4) is 11.3 Å². The Labute approximate surface area is 186 Å². The normalized spacial score (nSPS) is 10.9. The van der Waals surface area contributed by atoms with Gasteiger partial charge in [-0.15, -0.1) is 0 Å². The van der Waals surface area contributed by atoms with Crippen LogP contribution in [0, 0.1) is 6.92 Å². The summed E-state index contributed by atoms with van der Waals surface area (Å²) in [7, 11) is 0. The smallest absolute Gasteiger partial charge is 0.252 e. The largest absolute Gasteiger partial charge is 0.348 e. The Bertz CT molecular complexity index is 1190. The highest BCUT2D eigenvalue weighted by Gasteiger charge is 2.16. The minimum Gasteiger partial charge on any atom is -0.348 e. The Kier molecular flexibility index (Phi) is 5.79. The summed E-state index contributed by atoms with van der Waals surface area (Å²) in [4.78, 5) is 18.0. The fourth-order valence-electron chi connectivity index (χ4n) is 3.29. The molecule has 0 fully saturated rings. The molecule has 0 atom stereocenters. The Hall–Kier alpha value is -2.50. The zero-order valence-electron chi connectivity index (χ0n) is 15.7. The van der Waals surface area contributed by atoms with Gasteiger partial charge in [-0.05, 0) is 48.4 Å². The van der Waals surface area contributed by atoms with Crippen molar-refractivity contribution >= 4 is 48.7 Å². The molecule has 1 aromatic heterocycles. The fraction of sp³-hybridized carbons (Fsp3) is 0.0833. The maximum atomic E-state index is 13.1. The zero-order valence-corrected chi connectivity index (χ0v) is 18.9. The lowest BCUT2D eigenvalue weighted by Gasteiger charge is -2.13. The zero-order chi connectivity index (χ0) is 20.4. The topological polar surface area (TPSA) is 42.0 Å². The average molecular weight is 510 g/mol. The van der Waals surface area contributed by atoms with Gasteiger partial charge in [-0.2, -0.15) is 0 Å². The highest BCUT2D eigenvalue weighted by Crippen LogP contribution is 2.30. The second kappa shape index (κ2) is 8.47. The van der Waals surface area contributed by atoms with E-state index in [-0.39, 0.29) is 5.91 Å². The van der Waals surface area contributed by atoms with Crippen LogP contribution in [-0.2, 0) is 6.54 Å². The van der Waals surface area contributed by atoms with E-state index < -0.39 is 0 Å². The summed E-state index contributed by atoms with van der Waals surface area (Å²) in [5, 5.41) is 3.88. The Balaban J connectivity index is 1.79. The highest BCUT2D eigenvalue weighted by atomic mass is 79.9. The van der Waals surface area contributed by atoms with Crippen molar-refractivity contribution in [1.29, 1.82) is 0 Å². The van der Waals surface area contributed by atoms with Crippen LogP contribution in [0.15, 0.2) is 81.7 Å². The second-order valence-corrected chi connectivity index (χ2v) is 8.68. The number of nitrogens with zero attached hydrogens (tertiary/aromatic N) is 1. The second-order valence-electron chi connectivity index (χ2n) is 6.85. The number of amides is 1. The molecule has 3 aromatic carbocycles. The first-order valence-electron chi connectivity index (χ1n) is 9.20. The summed E-state index contributed by atoms with van der Waals surface area (Å²) in [5.74, 6) is -0.114. The van der Waals surface area contributed by atoms with Gasteiger partial charge < -0.3 is 5.32 Å². The molecule has 4 rings (SSSR count). The number of pyridine rings is 1. The number of nitrogens with one attached hydrogen (secondary N) is 1. The first-order chi connectivity index (χ1) is 14.0. The number of aryl methyl sites for hydroxylation is 1. The summed E-state index contributed by atoms with van der Waals surface area (Å²) in [6, 6.07) is 23.7. The number of carbonyl (C=O) groups is 1. The van der Waals surface area contributed by atoms with Gasteiger partial charge in [0.1, 0.15) is 0 Å². The molecule has 29 heavy (non-hydrogen) atoms. The van der Waals surface area contributed by atoms with E-state index >= 15 is 0 Å². The van der Waals surface area contributed by atoms with Crippen molar-refractivity contribution in [2.24, 2.45) is 0 Å². The number of carbonyl (C=O) groups excluding carboxylic acids is 1. The predicted molar refractivity (Wildman–Crippen MR) is 125 cm³/mol. The number of halogens is 2. The molecule has 0 bridgehead atoms. The molecule has 4 aromatic rings. The summed E-state index contributed by atoms with van der Waals surface area (Å²) >= 11 is 7.02. The number of benzene rings is 3. The molecule has 0 aliphatic heterocycles. The van der Waals surface area contributed by atoms with Gasteiger partial charge in [0.25, 0.3) is 5.91 Å². The molecule has 1 heterocycles. The molecule has 0 radical (unpaired) electrons. The molecular formula is C24H18Br2N2O. The van der Waals surface area contributed by atoms with Gasteiger partial charge in [0.05, 0.1) is 16.8 Å². The van der Waals surface area contributed by atoms with E-state index in [1.807, 2.05) is 79.7 Å². The standard InChI is InChI=1S/C24H18Br2N2O/c1-15-11-19(26)12-20-21(24(29)27-14-16-5-3-2-4-6-16)13-22(28-23(15)20)17-7-9-18(25)10-8-17/h2-13H,14H2,1H3,(H,27,29). The molecule has 0 saturated carbocycles. The van der Waals surface area contributed by atoms with Gasteiger partial charge in [-0.1, -0.05) is 74.3 Å². The van der Waals surface area contributed by atoms with E-state index in [2.05, 4.69) is 37.2 Å². The molecule has 0 saturated heterocycles. The number of hydrogen-bond acceptors (Lipinski definition) is 2. The molecule has 1 amide bonds. The quantitative estimate of drug-likeness (QED) is 0.334. The van der Waals surface area contributed by atoms with E-state index in [4.69, 9.17) is 4.98 Å². The maximum Gasteiger partial charge on any atom is 0.252 e. The van der Waals surface area contributed by atoms with Gasteiger partial charge >= 0.3 is 0 Å². The molecule has 3 nitrogen and oxygen atoms in total. The number of hydrogen-bond donors (Lipinski definition) is 1. The van der Waals surface area contributed by atoms with Crippen molar-refractivity contribution in [2.45, 2.75) is 13.5 Å². The van der Waals surface area contributed by atoms with Crippen LogP contribution in [0.25, 0.3) is 22.2 Å². The lowest BCUT2D eigenvalue weighted by Crippen LogP contribution is -2.23. The molecule has 1 N–H and O–H groups in total. The minimum atomic E-state index is -0.114. The van der Waals surface area contributed by atoms with E-state index in [9.17, 15) is 4.79 Å². The summed E-state index contributed by atoms with van der Waals surface area (Å²) in [6.07, 6.45) is 0. The maximum absolute atomic E-state index is 13.1. The summed E-state index contributed by atoms with van der Waals surface area (Å²) < 4.78 is 1.93. The Morgan fingerprint density at radius 2 is 1.66 bits per heavy atom. The third-order valence-electron chi connectivity index (χ3n) is 4.75. The van der Waals surface area contributed by atoms with Crippen LogP contribution in [-0.4, -0.2) is 10.9 Å². The fourth-order valence-corrected chi connectivity index (χ4v) is 4.12. The minimum absolute atomic E-state index is 0.114. The van der Waals surface area contributed by atoms with Crippen LogP contribution < -0.4 is 5.32 Å².